The van der Waals surface area contributed by atoms with Gasteiger partial charge in [0, 0.05) is 55.7 Å². The van der Waals surface area contributed by atoms with E-state index in [4.69, 9.17) is 0 Å². The Bertz CT molecular complexity index is 585. The molecule has 1 fully saturated rings. The number of piperazine rings is 1. The average Bonchev–Trinajstić information content (AvgIpc) is 3.08. The molecule has 0 aliphatic carbocycles. The Labute approximate surface area is 133 Å². The number of anilines is 2. The zero-order valence-electron chi connectivity index (χ0n) is 12.6. The minimum Gasteiger partial charge on any atom is -0.343 e. The molecule has 1 aliphatic rings. The van der Waals surface area contributed by atoms with Gasteiger partial charge in [0.15, 0.2) is 0 Å². The van der Waals surface area contributed by atoms with Crippen LogP contribution in [0.15, 0.2) is 0 Å². The molecule has 0 aromatic carbocycles. The SMILES string of the molecule is Cc1nsc(N2CCN(c3nc(CC(C)C)ns3)CC2)n1. The van der Waals surface area contributed by atoms with Crippen LogP contribution in [0.5, 0.6) is 0 Å². The van der Waals surface area contributed by atoms with Gasteiger partial charge in [-0.2, -0.15) is 8.75 Å². The molecule has 0 bridgehead atoms. The van der Waals surface area contributed by atoms with Crippen molar-refractivity contribution in [2.75, 3.05) is 36.0 Å². The second-order valence-corrected chi connectivity index (χ2v) is 7.15. The van der Waals surface area contributed by atoms with Crippen molar-refractivity contribution < 1.29 is 0 Å². The highest BCUT2D eigenvalue weighted by Gasteiger charge is 2.22. The van der Waals surface area contributed by atoms with Gasteiger partial charge in [0.05, 0.1) is 0 Å². The Morgan fingerprint density at radius 3 is 2.05 bits per heavy atom. The van der Waals surface area contributed by atoms with Crippen LogP contribution in [0.4, 0.5) is 10.3 Å². The molecule has 2 aromatic rings. The minimum absolute atomic E-state index is 0.602. The van der Waals surface area contributed by atoms with Gasteiger partial charge < -0.3 is 9.80 Å². The summed E-state index contributed by atoms with van der Waals surface area (Å²) in [5.41, 5.74) is 0. The van der Waals surface area contributed by atoms with Crippen LogP contribution in [0.2, 0.25) is 0 Å². The molecule has 0 saturated carbocycles. The van der Waals surface area contributed by atoms with Crippen molar-refractivity contribution in [1.82, 2.24) is 18.7 Å². The van der Waals surface area contributed by atoms with Crippen LogP contribution in [0.1, 0.15) is 25.5 Å². The Balaban J connectivity index is 1.59. The maximum atomic E-state index is 4.67. The fourth-order valence-corrected chi connectivity index (χ4v) is 3.80. The molecule has 0 atom stereocenters. The van der Waals surface area contributed by atoms with Crippen molar-refractivity contribution in [3.63, 3.8) is 0 Å². The van der Waals surface area contributed by atoms with Crippen molar-refractivity contribution in [3.8, 4) is 0 Å². The largest absolute Gasteiger partial charge is 0.343 e. The predicted octanol–water partition coefficient (Wildman–Crippen LogP) is 2.22. The summed E-state index contributed by atoms with van der Waals surface area (Å²) >= 11 is 3.01. The van der Waals surface area contributed by atoms with Crippen LogP contribution in [0, 0.1) is 12.8 Å². The summed E-state index contributed by atoms with van der Waals surface area (Å²) in [6, 6.07) is 0. The first-order valence-electron chi connectivity index (χ1n) is 7.24. The third-order valence-corrected chi connectivity index (χ3v) is 5.07. The van der Waals surface area contributed by atoms with Crippen LogP contribution >= 0.6 is 23.1 Å². The van der Waals surface area contributed by atoms with Gasteiger partial charge in [-0.15, -0.1) is 0 Å². The van der Waals surface area contributed by atoms with Gasteiger partial charge in [0.25, 0.3) is 0 Å². The van der Waals surface area contributed by atoms with Gasteiger partial charge in [-0.3, -0.25) is 0 Å². The summed E-state index contributed by atoms with van der Waals surface area (Å²) in [6.45, 7) is 10.2. The van der Waals surface area contributed by atoms with Crippen molar-refractivity contribution in [2.24, 2.45) is 5.92 Å². The van der Waals surface area contributed by atoms with Crippen LogP contribution in [-0.2, 0) is 6.42 Å². The molecule has 1 saturated heterocycles. The van der Waals surface area contributed by atoms with E-state index in [1.165, 1.54) is 23.1 Å². The first kappa shape index (κ1) is 14.6. The topological polar surface area (TPSA) is 58.0 Å². The van der Waals surface area contributed by atoms with E-state index in [2.05, 4.69) is 42.4 Å². The summed E-state index contributed by atoms with van der Waals surface area (Å²) in [5.74, 6) is 2.44. The molecular formula is C13H20N6S2. The number of rotatable bonds is 4. The molecule has 6 nitrogen and oxygen atoms in total. The standard InChI is InChI=1S/C13H20N6S2/c1-9(2)8-11-15-13(21-17-11)19-6-4-18(5-7-19)12-14-10(3)16-20-12/h9H,4-8H2,1-3H3. The van der Waals surface area contributed by atoms with E-state index in [0.717, 1.165) is 54.5 Å². The minimum atomic E-state index is 0.602. The van der Waals surface area contributed by atoms with Crippen LogP contribution in [0.3, 0.4) is 0 Å². The molecule has 1 aliphatic heterocycles. The third-order valence-electron chi connectivity index (χ3n) is 3.39. The molecule has 8 heteroatoms. The monoisotopic (exact) mass is 324 g/mol. The normalized spacial score (nSPS) is 16.0. The quantitative estimate of drug-likeness (QED) is 0.859. The highest BCUT2D eigenvalue weighted by atomic mass is 32.1. The highest BCUT2D eigenvalue weighted by molar-refractivity contribution is 7.10. The first-order chi connectivity index (χ1) is 10.1. The Morgan fingerprint density at radius 1 is 0.952 bits per heavy atom. The second-order valence-electron chi connectivity index (χ2n) is 5.69. The smallest absolute Gasteiger partial charge is 0.205 e. The van der Waals surface area contributed by atoms with Crippen molar-refractivity contribution in [2.45, 2.75) is 27.2 Å². The molecule has 0 amide bonds. The van der Waals surface area contributed by atoms with E-state index in [0.29, 0.717) is 5.92 Å². The lowest BCUT2D eigenvalue weighted by Gasteiger charge is -2.33. The van der Waals surface area contributed by atoms with Gasteiger partial charge in [-0.1, -0.05) is 13.8 Å². The van der Waals surface area contributed by atoms with E-state index in [1.54, 1.807) is 0 Å². The van der Waals surface area contributed by atoms with E-state index in [1.807, 2.05) is 6.92 Å². The van der Waals surface area contributed by atoms with Crippen molar-refractivity contribution >= 4 is 33.3 Å². The lowest BCUT2D eigenvalue weighted by Crippen LogP contribution is -2.46. The van der Waals surface area contributed by atoms with Gasteiger partial charge in [-0.05, 0) is 12.8 Å². The van der Waals surface area contributed by atoms with E-state index < -0.39 is 0 Å². The molecule has 3 rings (SSSR count). The second kappa shape index (κ2) is 6.23. The van der Waals surface area contributed by atoms with Crippen LogP contribution < -0.4 is 9.80 Å². The highest BCUT2D eigenvalue weighted by Crippen LogP contribution is 2.23. The zero-order chi connectivity index (χ0) is 14.8. The number of nitrogens with zero attached hydrogens (tertiary/aromatic N) is 6. The third kappa shape index (κ3) is 3.49. The maximum Gasteiger partial charge on any atom is 0.205 e. The molecule has 0 unspecified atom stereocenters. The lowest BCUT2D eigenvalue weighted by atomic mass is 10.1. The predicted molar refractivity (Wildman–Crippen MR) is 87.5 cm³/mol. The fourth-order valence-electron chi connectivity index (χ4n) is 2.32. The van der Waals surface area contributed by atoms with E-state index >= 15 is 0 Å². The lowest BCUT2D eigenvalue weighted by molar-refractivity contribution is 0.622. The summed E-state index contributed by atoms with van der Waals surface area (Å²) in [4.78, 5) is 13.8. The summed E-state index contributed by atoms with van der Waals surface area (Å²) in [6.07, 6.45) is 0.959. The summed E-state index contributed by atoms with van der Waals surface area (Å²) < 4.78 is 8.72. The molecule has 3 heterocycles. The Morgan fingerprint density at radius 2 is 1.52 bits per heavy atom. The van der Waals surface area contributed by atoms with Crippen molar-refractivity contribution in [1.29, 1.82) is 0 Å². The molecule has 21 heavy (non-hydrogen) atoms. The maximum absolute atomic E-state index is 4.67. The van der Waals surface area contributed by atoms with Gasteiger partial charge in [0.2, 0.25) is 10.3 Å². The molecule has 2 aromatic heterocycles. The zero-order valence-corrected chi connectivity index (χ0v) is 14.2. The van der Waals surface area contributed by atoms with Crippen LogP contribution in [0.25, 0.3) is 0 Å². The van der Waals surface area contributed by atoms with Crippen molar-refractivity contribution in [3.05, 3.63) is 11.6 Å². The summed E-state index contributed by atoms with van der Waals surface area (Å²) in [7, 11) is 0. The van der Waals surface area contributed by atoms with Gasteiger partial charge >= 0.3 is 0 Å². The number of hydrogen-bond acceptors (Lipinski definition) is 8. The molecule has 114 valence electrons. The fraction of sp³-hybridized carbons (Fsp3) is 0.692. The first-order valence-corrected chi connectivity index (χ1v) is 8.79. The van der Waals surface area contributed by atoms with Crippen LogP contribution in [-0.4, -0.2) is 44.9 Å². The van der Waals surface area contributed by atoms with Gasteiger partial charge in [0.1, 0.15) is 11.6 Å². The molecule has 0 radical (unpaired) electrons. The number of hydrogen-bond donors (Lipinski definition) is 0. The summed E-state index contributed by atoms with van der Waals surface area (Å²) in [5, 5.41) is 2.09. The Hall–Kier alpha value is -1.28. The molecule has 0 N–H and O–H groups in total. The number of aryl methyl sites for hydroxylation is 1. The molecule has 0 spiro atoms. The van der Waals surface area contributed by atoms with E-state index in [9.17, 15) is 0 Å². The average molecular weight is 324 g/mol. The van der Waals surface area contributed by atoms with Gasteiger partial charge in [-0.25, -0.2) is 9.97 Å². The molecular weight excluding hydrogens is 304 g/mol. The van der Waals surface area contributed by atoms with E-state index in [-0.39, 0.29) is 0 Å². The number of aromatic nitrogens is 4. The Kier molecular flexibility index (Phi) is 4.34.